The topological polar surface area (TPSA) is 63.5 Å². The molecule has 0 spiro atoms. The van der Waals surface area contributed by atoms with E-state index in [9.17, 15) is 19.3 Å². The standard InChI is InChI=1S/C12H15FN2O3/c1-3-7-14(4-2)12(16)10-8-9(15(17)18)5-6-11(10)13/h5-6,8H,3-4,7H2,1-2H3. The number of halogens is 1. The molecule has 6 heteroatoms. The van der Waals surface area contributed by atoms with Crippen LogP contribution in [-0.2, 0) is 0 Å². The number of amides is 1. The molecule has 0 heterocycles. The van der Waals surface area contributed by atoms with Gasteiger partial charge in [-0.05, 0) is 19.4 Å². The monoisotopic (exact) mass is 254 g/mol. The largest absolute Gasteiger partial charge is 0.339 e. The molecule has 1 amide bonds. The zero-order valence-corrected chi connectivity index (χ0v) is 10.4. The van der Waals surface area contributed by atoms with Crippen LogP contribution in [0.2, 0.25) is 0 Å². The molecule has 1 rings (SSSR count). The van der Waals surface area contributed by atoms with Crippen molar-refractivity contribution >= 4 is 11.6 Å². The normalized spacial score (nSPS) is 10.2. The Labute approximate surface area is 104 Å². The van der Waals surface area contributed by atoms with Gasteiger partial charge < -0.3 is 4.90 Å². The van der Waals surface area contributed by atoms with Crippen molar-refractivity contribution in [3.63, 3.8) is 0 Å². The van der Waals surface area contributed by atoms with Crippen LogP contribution in [0.3, 0.4) is 0 Å². The SMILES string of the molecule is CCCN(CC)C(=O)c1cc([N+](=O)[O-])ccc1F. The van der Waals surface area contributed by atoms with E-state index in [0.29, 0.717) is 13.1 Å². The van der Waals surface area contributed by atoms with Crippen molar-refractivity contribution < 1.29 is 14.1 Å². The van der Waals surface area contributed by atoms with Crippen LogP contribution in [0.25, 0.3) is 0 Å². The molecule has 98 valence electrons. The van der Waals surface area contributed by atoms with Gasteiger partial charge in [-0.25, -0.2) is 4.39 Å². The van der Waals surface area contributed by atoms with Crippen LogP contribution in [0.5, 0.6) is 0 Å². The summed E-state index contributed by atoms with van der Waals surface area (Å²) in [6.07, 6.45) is 0.746. The van der Waals surface area contributed by atoms with Crippen molar-refractivity contribution in [2.45, 2.75) is 20.3 Å². The fourth-order valence-corrected chi connectivity index (χ4v) is 1.63. The second kappa shape index (κ2) is 6.09. The lowest BCUT2D eigenvalue weighted by Crippen LogP contribution is -2.32. The van der Waals surface area contributed by atoms with Gasteiger partial charge in [-0.3, -0.25) is 14.9 Å². The highest BCUT2D eigenvalue weighted by Crippen LogP contribution is 2.18. The molecule has 0 radical (unpaired) electrons. The van der Waals surface area contributed by atoms with E-state index in [4.69, 9.17) is 0 Å². The molecule has 0 saturated heterocycles. The number of carbonyl (C=O) groups is 1. The molecule has 1 aromatic carbocycles. The third-order valence-corrected chi connectivity index (χ3v) is 2.55. The van der Waals surface area contributed by atoms with Gasteiger partial charge in [0, 0.05) is 25.2 Å². The minimum Gasteiger partial charge on any atom is -0.339 e. The van der Waals surface area contributed by atoms with Gasteiger partial charge in [-0.1, -0.05) is 6.92 Å². The predicted octanol–water partition coefficient (Wildman–Crippen LogP) is 2.61. The Morgan fingerprint density at radius 1 is 1.44 bits per heavy atom. The summed E-state index contributed by atoms with van der Waals surface area (Å²) in [7, 11) is 0. The van der Waals surface area contributed by atoms with Gasteiger partial charge in [-0.15, -0.1) is 0 Å². The Morgan fingerprint density at radius 2 is 2.11 bits per heavy atom. The molecule has 0 unspecified atom stereocenters. The van der Waals surface area contributed by atoms with Crippen molar-refractivity contribution in [2.24, 2.45) is 0 Å². The summed E-state index contributed by atoms with van der Waals surface area (Å²) < 4.78 is 13.6. The number of non-ortho nitro benzene ring substituents is 1. The summed E-state index contributed by atoms with van der Waals surface area (Å²) in [6.45, 7) is 4.62. The second-order valence-electron chi connectivity index (χ2n) is 3.81. The van der Waals surface area contributed by atoms with E-state index < -0.39 is 16.6 Å². The summed E-state index contributed by atoms with van der Waals surface area (Å²) in [5.74, 6) is -1.25. The predicted molar refractivity (Wildman–Crippen MR) is 64.9 cm³/mol. The summed E-state index contributed by atoms with van der Waals surface area (Å²) in [4.78, 5) is 23.4. The third kappa shape index (κ3) is 3.03. The zero-order chi connectivity index (χ0) is 13.7. The van der Waals surface area contributed by atoms with E-state index in [1.807, 2.05) is 6.92 Å². The quantitative estimate of drug-likeness (QED) is 0.599. The maximum atomic E-state index is 13.6. The van der Waals surface area contributed by atoms with Crippen molar-refractivity contribution in [3.8, 4) is 0 Å². The number of hydrogen-bond acceptors (Lipinski definition) is 3. The number of hydrogen-bond donors (Lipinski definition) is 0. The average Bonchev–Trinajstić information content (AvgIpc) is 2.35. The summed E-state index contributed by atoms with van der Waals surface area (Å²) >= 11 is 0. The second-order valence-corrected chi connectivity index (χ2v) is 3.81. The van der Waals surface area contributed by atoms with E-state index in [0.717, 1.165) is 24.6 Å². The van der Waals surface area contributed by atoms with Gasteiger partial charge in [0.1, 0.15) is 5.82 Å². The third-order valence-electron chi connectivity index (χ3n) is 2.55. The van der Waals surface area contributed by atoms with Gasteiger partial charge in [0.2, 0.25) is 0 Å². The molecule has 0 aromatic heterocycles. The fourth-order valence-electron chi connectivity index (χ4n) is 1.63. The van der Waals surface area contributed by atoms with Crippen LogP contribution in [0.1, 0.15) is 30.6 Å². The first-order chi connectivity index (χ1) is 8.51. The van der Waals surface area contributed by atoms with Crippen LogP contribution in [0, 0.1) is 15.9 Å². The molecule has 0 atom stereocenters. The van der Waals surface area contributed by atoms with Crippen molar-refractivity contribution in [3.05, 3.63) is 39.7 Å². The fraction of sp³-hybridized carbons (Fsp3) is 0.417. The molecule has 0 aliphatic heterocycles. The van der Waals surface area contributed by atoms with Crippen LogP contribution in [0.4, 0.5) is 10.1 Å². The van der Waals surface area contributed by atoms with Gasteiger partial charge in [0.05, 0.1) is 10.5 Å². The summed E-state index contributed by atoms with van der Waals surface area (Å²) in [6, 6.07) is 2.98. The van der Waals surface area contributed by atoms with Crippen LogP contribution < -0.4 is 0 Å². The lowest BCUT2D eigenvalue weighted by molar-refractivity contribution is -0.384. The van der Waals surface area contributed by atoms with Crippen LogP contribution >= 0.6 is 0 Å². The van der Waals surface area contributed by atoms with Gasteiger partial charge in [0.25, 0.3) is 11.6 Å². The molecule has 1 aromatic rings. The first-order valence-electron chi connectivity index (χ1n) is 5.74. The number of rotatable bonds is 5. The highest BCUT2D eigenvalue weighted by Gasteiger charge is 2.20. The van der Waals surface area contributed by atoms with Gasteiger partial charge in [-0.2, -0.15) is 0 Å². The van der Waals surface area contributed by atoms with Gasteiger partial charge in [0.15, 0.2) is 0 Å². The van der Waals surface area contributed by atoms with Crippen molar-refractivity contribution in [1.82, 2.24) is 4.90 Å². The molecule has 0 saturated carbocycles. The molecule has 0 aliphatic rings. The Morgan fingerprint density at radius 3 is 2.61 bits per heavy atom. The highest BCUT2D eigenvalue weighted by atomic mass is 19.1. The van der Waals surface area contributed by atoms with E-state index >= 15 is 0 Å². The number of nitro groups is 1. The zero-order valence-electron chi connectivity index (χ0n) is 10.4. The Kier molecular flexibility index (Phi) is 4.76. The molecular weight excluding hydrogens is 239 g/mol. The number of carbonyl (C=O) groups excluding carboxylic acids is 1. The molecule has 5 nitrogen and oxygen atoms in total. The van der Waals surface area contributed by atoms with E-state index in [2.05, 4.69) is 0 Å². The Bertz CT molecular complexity index is 463. The van der Waals surface area contributed by atoms with E-state index in [-0.39, 0.29) is 11.3 Å². The van der Waals surface area contributed by atoms with Crippen LogP contribution in [-0.4, -0.2) is 28.8 Å². The maximum Gasteiger partial charge on any atom is 0.270 e. The van der Waals surface area contributed by atoms with Gasteiger partial charge >= 0.3 is 0 Å². The van der Waals surface area contributed by atoms with Crippen LogP contribution in [0.15, 0.2) is 18.2 Å². The smallest absolute Gasteiger partial charge is 0.270 e. The number of benzene rings is 1. The average molecular weight is 254 g/mol. The lowest BCUT2D eigenvalue weighted by atomic mass is 10.1. The molecule has 0 bridgehead atoms. The van der Waals surface area contributed by atoms with Crippen molar-refractivity contribution in [2.75, 3.05) is 13.1 Å². The molecule has 0 aliphatic carbocycles. The number of nitro benzene ring substituents is 1. The van der Waals surface area contributed by atoms with Crippen molar-refractivity contribution in [1.29, 1.82) is 0 Å². The minimum atomic E-state index is -0.736. The maximum absolute atomic E-state index is 13.6. The lowest BCUT2D eigenvalue weighted by Gasteiger charge is -2.20. The molecule has 0 N–H and O–H groups in total. The molecular formula is C12H15FN2O3. The Hall–Kier alpha value is -1.98. The summed E-state index contributed by atoms with van der Waals surface area (Å²) in [5, 5.41) is 10.6. The molecule has 0 fully saturated rings. The van der Waals surface area contributed by atoms with E-state index in [1.165, 1.54) is 4.90 Å². The molecule has 18 heavy (non-hydrogen) atoms. The van der Waals surface area contributed by atoms with E-state index in [1.54, 1.807) is 6.92 Å². The minimum absolute atomic E-state index is 0.250. The first-order valence-corrected chi connectivity index (χ1v) is 5.74. The first kappa shape index (κ1) is 14.1. The summed E-state index contributed by atoms with van der Waals surface area (Å²) in [5.41, 5.74) is -0.535. The highest BCUT2D eigenvalue weighted by molar-refractivity contribution is 5.95. The number of nitrogens with zero attached hydrogens (tertiary/aromatic N) is 2. The Balaban J connectivity index is 3.10.